The van der Waals surface area contributed by atoms with E-state index in [1.807, 2.05) is 50.2 Å². The topological polar surface area (TPSA) is 68.7 Å². The first kappa shape index (κ1) is 18.7. The molecule has 2 heterocycles. The molecule has 0 spiro atoms. The quantitative estimate of drug-likeness (QED) is 0.659. The number of aryl methyl sites for hydroxylation is 1. The van der Waals surface area contributed by atoms with Crippen LogP contribution in [0.1, 0.15) is 12.5 Å². The van der Waals surface area contributed by atoms with E-state index in [0.717, 1.165) is 10.9 Å². The molecule has 1 aliphatic rings. The molecular formula is C21H22N2O4S. The van der Waals surface area contributed by atoms with E-state index < -0.39 is 10.0 Å². The molecule has 0 saturated heterocycles. The highest BCUT2D eigenvalue weighted by molar-refractivity contribution is 7.89. The molecule has 1 atom stereocenters. The fraction of sp³-hybridized carbons (Fsp3) is 0.286. The number of aromatic nitrogens is 1. The third-order valence-electron chi connectivity index (χ3n) is 4.76. The average Bonchev–Trinajstić information content (AvgIpc) is 2.71. The van der Waals surface area contributed by atoms with Gasteiger partial charge in [0.05, 0.1) is 12.1 Å². The van der Waals surface area contributed by atoms with Crippen molar-refractivity contribution in [2.45, 2.75) is 24.8 Å². The second-order valence-corrected chi connectivity index (χ2v) is 8.70. The summed E-state index contributed by atoms with van der Waals surface area (Å²) in [6, 6.07) is 14.6. The summed E-state index contributed by atoms with van der Waals surface area (Å²) in [4.78, 5) is 4.59. The highest BCUT2D eigenvalue weighted by atomic mass is 32.2. The van der Waals surface area contributed by atoms with Crippen LogP contribution in [0.15, 0.2) is 59.6 Å². The zero-order chi connectivity index (χ0) is 19.7. The molecule has 4 rings (SSSR count). The first-order valence-electron chi connectivity index (χ1n) is 9.23. The maximum absolute atomic E-state index is 13.4. The number of sulfonamides is 1. The summed E-state index contributed by atoms with van der Waals surface area (Å²) in [7, 11) is -3.73. The Kier molecular flexibility index (Phi) is 4.95. The second-order valence-electron chi connectivity index (χ2n) is 6.79. The van der Waals surface area contributed by atoms with E-state index in [0.29, 0.717) is 30.2 Å². The highest BCUT2D eigenvalue weighted by Crippen LogP contribution is 2.32. The monoisotopic (exact) mass is 398 g/mol. The van der Waals surface area contributed by atoms with Gasteiger partial charge in [-0.2, -0.15) is 4.31 Å². The van der Waals surface area contributed by atoms with Crippen molar-refractivity contribution >= 4 is 20.9 Å². The number of benzene rings is 2. The Morgan fingerprint density at radius 1 is 1.14 bits per heavy atom. The summed E-state index contributed by atoms with van der Waals surface area (Å²) >= 11 is 0. The fourth-order valence-electron chi connectivity index (χ4n) is 3.37. The van der Waals surface area contributed by atoms with Crippen molar-refractivity contribution < 1.29 is 17.9 Å². The highest BCUT2D eigenvalue weighted by Gasteiger charge is 2.31. The molecule has 146 valence electrons. The number of likely N-dealkylation sites (N-methyl/N-ethyl adjacent to an activating group) is 1. The molecule has 28 heavy (non-hydrogen) atoms. The van der Waals surface area contributed by atoms with Crippen molar-refractivity contribution in [2.24, 2.45) is 0 Å². The first-order chi connectivity index (χ1) is 13.5. The van der Waals surface area contributed by atoms with Crippen LogP contribution in [-0.2, 0) is 10.0 Å². The number of fused-ring (bicyclic) bond motifs is 2. The predicted octanol–water partition coefficient (Wildman–Crippen LogP) is 3.39. The fourth-order valence-corrected chi connectivity index (χ4v) is 5.01. The van der Waals surface area contributed by atoms with E-state index in [1.165, 1.54) is 4.31 Å². The van der Waals surface area contributed by atoms with Crippen LogP contribution in [0.4, 0.5) is 0 Å². The van der Waals surface area contributed by atoms with E-state index in [9.17, 15) is 8.42 Å². The Labute approximate surface area is 164 Å². The number of nitrogens with zero attached hydrogens (tertiary/aromatic N) is 2. The summed E-state index contributed by atoms with van der Waals surface area (Å²) < 4.78 is 39.8. The lowest BCUT2D eigenvalue weighted by atomic mass is 10.2. The molecule has 1 aliphatic heterocycles. The van der Waals surface area contributed by atoms with Gasteiger partial charge in [0.1, 0.15) is 17.6 Å². The van der Waals surface area contributed by atoms with Crippen molar-refractivity contribution in [3.63, 3.8) is 0 Å². The second kappa shape index (κ2) is 7.41. The molecule has 2 aromatic carbocycles. The zero-order valence-electron chi connectivity index (χ0n) is 15.8. The Bertz CT molecular complexity index is 1110. The lowest BCUT2D eigenvalue weighted by Crippen LogP contribution is -2.43. The number of para-hydroxylation sites is 3. The standard InChI is InChI=1S/C21H22N2O4S/c1-3-23(13-17-14-26-18-8-4-5-9-19(18)27-17)28(24,25)20-10-6-7-16-11-15(2)12-22-21(16)20/h4-12,17H,3,13-14H2,1-2H3. The Hall–Kier alpha value is -2.64. The first-order valence-corrected chi connectivity index (χ1v) is 10.7. The minimum absolute atomic E-state index is 0.204. The molecule has 1 aromatic heterocycles. The molecule has 1 unspecified atom stereocenters. The van der Waals surface area contributed by atoms with Gasteiger partial charge < -0.3 is 9.47 Å². The summed E-state index contributed by atoms with van der Waals surface area (Å²) in [5, 5.41) is 0.809. The van der Waals surface area contributed by atoms with Gasteiger partial charge in [0, 0.05) is 18.1 Å². The molecule has 0 amide bonds. The van der Waals surface area contributed by atoms with Crippen LogP contribution in [0.2, 0.25) is 0 Å². The average molecular weight is 398 g/mol. The predicted molar refractivity (Wildman–Crippen MR) is 107 cm³/mol. The van der Waals surface area contributed by atoms with E-state index in [2.05, 4.69) is 4.98 Å². The minimum Gasteiger partial charge on any atom is -0.486 e. The van der Waals surface area contributed by atoms with Gasteiger partial charge >= 0.3 is 0 Å². The van der Waals surface area contributed by atoms with Crippen molar-refractivity contribution in [3.05, 3.63) is 60.3 Å². The molecule has 7 heteroatoms. The summed E-state index contributed by atoms with van der Waals surface area (Å²) in [6.45, 7) is 4.58. The minimum atomic E-state index is -3.73. The molecule has 0 radical (unpaired) electrons. The normalized spacial score (nSPS) is 16.5. The molecule has 0 bridgehead atoms. The Morgan fingerprint density at radius 2 is 1.93 bits per heavy atom. The third kappa shape index (κ3) is 3.43. The van der Waals surface area contributed by atoms with Crippen LogP contribution in [0.5, 0.6) is 11.5 Å². The van der Waals surface area contributed by atoms with Crippen molar-refractivity contribution in [1.29, 1.82) is 0 Å². The van der Waals surface area contributed by atoms with Gasteiger partial charge in [0.2, 0.25) is 10.0 Å². The number of hydrogen-bond donors (Lipinski definition) is 0. The molecule has 6 nitrogen and oxygen atoms in total. The van der Waals surface area contributed by atoms with Crippen LogP contribution in [0.3, 0.4) is 0 Å². The van der Waals surface area contributed by atoms with Crippen molar-refractivity contribution in [3.8, 4) is 11.5 Å². The molecule has 0 aliphatic carbocycles. The molecule has 0 saturated carbocycles. The van der Waals surface area contributed by atoms with Gasteiger partial charge in [-0.3, -0.25) is 4.98 Å². The van der Waals surface area contributed by atoms with Crippen LogP contribution < -0.4 is 9.47 Å². The van der Waals surface area contributed by atoms with E-state index in [1.54, 1.807) is 18.3 Å². The van der Waals surface area contributed by atoms with Gasteiger partial charge in [-0.05, 0) is 36.8 Å². The summed E-state index contributed by atoms with van der Waals surface area (Å²) in [5.74, 6) is 1.31. The molecular weight excluding hydrogens is 376 g/mol. The Morgan fingerprint density at radius 3 is 2.71 bits per heavy atom. The molecule has 3 aromatic rings. The van der Waals surface area contributed by atoms with E-state index in [4.69, 9.17) is 9.47 Å². The number of rotatable bonds is 5. The summed E-state index contributed by atoms with van der Waals surface area (Å²) in [5.41, 5.74) is 1.47. The Balaban J connectivity index is 1.63. The van der Waals surface area contributed by atoms with E-state index in [-0.39, 0.29) is 17.5 Å². The largest absolute Gasteiger partial charge is 0.486 e. The van der Waals surface area contributed by atoms with Gasteiger partial charge in [0.15, 0.2) is 11.5 Å². The third-order valence-corrected chi connectivity index (χ3v) is 6.73. The van der Waals surface area contributed by atoms with Gasteiger partial charge in [-0.1, -0.05) is 31.2 Å². The SMILES string of the molecule is CCN(CC1COc2ccccc2O1)S(=O)(=O)c1cccc2cc(C)cnc12. The van der Waals surface area contributed by atoms with Gasteiger partial charge in [0.25, 0.3) is 0 Å². The summed E-state index contributed by atoms with van der Waals surface area (Å²) in [6.07, 6.45) is 1.31. The number of ether oxygens (including phenoxy) is 2. The molecule has 0 fully saturated rings. The van der Waals surface area contributed by atoms with Gasteiger partial charge in [-0.25, -0.2) is 8.42 Å². The van der Waals surface area contributed by atoms with Gasteiger partial charge in [-0.15, -0.1) is 0 Å². The maximum atomic E-state index is 13.4. The van der Waals surface area contributed by atoms with Crippen LogP contribution >= 0.6 is 0 Å². The number of hydrogen-bond acceptors (Lipinski definition) is 5. The van der Waals surface area contributed by atoms with E-state index >= 15 is 0 Å². The van der Waals surface area contributed by atoms with Crippen molar-refractivity contribution in [1.82, 2.24) is 9.29 Å². The zero-order valence-corrected chi connectivity index (χ0v) is 16.6. The maximum Gasteiger partial charge on any atom is 0.245 e. The van der Waals surface area contributed by atoms with Crippen LogP contribution in [-0.4, -0.2) is 43.5 Å². The molecule has 0 N–H and O–H groups in total. The van der Waals surface area contributed by atoms with Crippen molar-refractivity contribution in [2.75, 3.05) is 19.7 Å². The van der Waals surface area contributed by atoms with Crippen LogP contribution in [0, 0.1) is 6.92 Å². The number of pyridine rings is 1. The van der Waals surface area contributed by atoms with Crippen LogP contribution in [0.25, 0.3) is 10.9 Å². The lowest BCUT2D eigenvalue weighted by molar-refractivity contribution is 0.0771. The lowest BCUT2D eigenvalue weighted by Gasteiger charge is -2.30. The smallest absolute Gasteiger partial charge is 0.245 e.